The Balaban J connectivity index is 2.18. The van der Waals surface area contributed by atoms with Crippen molar-refractivity contribution in [1.82, 2.24) is 4.98 Å². The number of rotatable bonds is 1. The first kappa shape index (κ1) is 9.82. The average molecular weight is 246 g/mol. The maximum Gasteiger partial charge on any atom is 0.184 e. The molecule has 0 saturated carbocycles. The van der Waals surface area contributed by atoms with Crippen LogP contribution >= 0.6 is 22.9 Å². The van der Waals surface area contributed by atoms with Crippen molar-refractivity contribution >= 4 is 33.2 Å². The van der Waals surface area contributed by atoms with Crippen LogP contribution in [0.4, 0.5) is 0 Å². The van der Waals surface area contributed by atoms with E-state index in [1.807, 2.05) is 24.3 Å². The average Bonchev–Trinajstić information content (AvgIpc) is 2.69. The summed E-state index contributed by atoms with van der Waals surface area (Å²) in [6.07, 6.45) is 0. The van der Waals surface area contributed by atoms with Crippen LogP contribution in [-0.2, 0) is 0 Å². The van der Waals surface area contributed by atoms with Crippen LogP contribution in [0, 0.1) is 0 Å². The number of thiazole rings is 1. The van der Waals surface area contributed by atoms with Gasteiger partial charge in [-0.2, -0.15) is 0 Å². The predicted octanol–water partition coefficient (Wildman–Crippen LogP) is 4.62. The zero-order valence-corrected chi connectivity index (χ0v) is 9.92. The molecule has 3 heteroatoms. The molecular formula is C13H8ClNS. The van der Waals surface area contributed by atoms with Crippen LogP contribution in [0.15, 0.2) is 48.5 Å². The molecule has 0 aliphatic heterocycles. The van der Waals surface area contributed by atoms with Crippen LogP contribution in [0.3, 0.4) is 0 Å². The third-order valence-electron chi connectivity index (χ3n) is 2.47. The molecule has 0 aliphatic carbocycles. The molecule has 0 fully saturated rings. The van der Waals surface area contributed by atoms with Crippen molar-refractivity contribution in [2.75, 3.05) is 0 Å². The topological polar surface area (TPSA) is 12.9 Å². The van der Waals surface area contributed by atoms with Gasteiger partial charge in [0.2, 0.25) is 0 Å². The molecule has 0 N–H and O–H groups in total. The maximum atomic E-state index is 5.89. The van der Waals surface area contributed by atoms with E-state index < -0.39 is 0 Å². The molecule has 0 spiro atoms. The van der Waals surface area contributed by atoms with Crippen LogP contribution in [0.2, 0.25) is 4.47 Å². The highest BCUT2D eigenvalue weighted by Crippen LogP contribution is 2.29. The van der Waals surface area contributed by atoms with Gasteiger partial charge >= 0.3 is 0 Å². The Labute approximate surface area is 102 Å². The summed E-state index contributed by atoms with van der Waals surface area (Å²) in [5.74, 6) is 0. The molecular weight excluding hydrogens is 238 g/mol. The van der Waals surface area contributed by atoms with Crippen molar-refractivity contribution in [2.45, 2.75) is 0 Å². The number of benzene rings is 2. The summed E-state index contributed by atoms with van der Waals surface area (Å²) in [5.41, 5.74) is 3.39. The third kappa shape index (κ3) is 1.70. The van der Waals surface area contributed by atoms with Gasteiger partial charge in [0.05, 0.1) is 10.2 Å². The van der Waals surface area contributed by atoms with Crippen molar-refractivity contribution in [3.63, 3.8) is 0 Å². The molecule has 3 aromatic rings. The fourth-order valence-corrected chi connectivity index (χ4v) is 2.78. The third-order valence-corrected chi connectivity index (χ3v) is 3.59. The van der Waals surface area contributed by atoms with Crippen LogP contribution in [-0.4, -0.2) is 4.98 Å². The minimum atomic E-state index is 0.597. The Kier molecular flexibility index (Phi) is 2.39. The summed E-state index contributed by atoms with van der Waals surface area (Å²) in [6.45, 7) is 0. The van der Waals surface area contributed by atoms with Crippen molar-refractivity contribution in [1.29, 1.82) is 0 Å². The fraction of sp³-hybridized carbons (Fsp3) is 0. The maximum absolute atomic E-state index is 5.89. The lowest BCUT2D eigenvalue weighted by Crippen LogP contribution is -1.76. The molecule has 0 amide bonds. The molecule has 0 atom stereocenters. The van der Waals surface area contributed by atoms with Crippen molar-refractivity contribution in [3.05, 3.63) is 53.0 Å². The summed E-state index contributed by atoms with van der Waals surface area (Å²) < 4.78 is 1.73. The Morgan fingerprint density at radius 1 is 0.938 bits per heavy atom. The van der Waals surface area contributed by atoms with Crippen molar-refractivity contribution in [2.24, 2.45) is 0 Å². The standard InChI is InChI=1S/C13H8ClNS/c14-13-15-11-7-6-10(8-12(11)16-13)9-4-2-1-3-5-9/h1-8H. The molecule has 1 aromatic heterocycles. The number of nitrogens with zero attached hydrogens (tertiary/aromatic N) is 1. The molecule has 0 radical (unpaired) electrons. The highest BCUT2D eigenvalue weighted by molar-refractivity contribution is 7.22. The van der Waals surface area contributed by atoms with Gasteiger partial charge in [-0.15, -0.1) is 11.3 Å². The Morgan fingerprint density at radius 3 is 2.56 bits per heavy atom. The molecule has 2 aromatic carbocycles. The zero-order valence-electron chi connectivity index (χ0n) is 8.35. The number of aromatic nitrogens is 1. The summed E-state index contributed by atoms with van der Waals surface area (Å²) in [5, 5.41) is 0. The zero-order chi connectivity index (χ0) is 11.0. The first-order valence-corrected chi connectivity index (χ1v) is 6.14. The van der Waals surface area contributed by atoms with Gasteiger partial charge in [-0.05, 0) is 23.3 Å². The highest BCUT2D eigenvalue weighted by atomic mass is 35.5. The lowest BCUT2D eigenvalue weighted by Gasteiger charge is -2.00. The summed E-state index contributed by atoms with van der Waals surface area (Å²) in [4.78, 5) is 4.23. The van der Waals surface area contributed by atoms with Gasteiger partial charge in [0.15, 0.2) is 4.47 Å². The fourth-order valence-electron chi connectivity index (χ4n) is 1.71. The van der Waals surface area contributed by atoms with Gasteiger partial charge in [0.1, 0.15) is 0 Å². The van der Waals surface area contributed by atoms with E-state index in [0.29, 0.717) is 4.47 Å². The van der Waals surface area contributed by atoms with E-state index in [2.05, 4.69) is 29.2 Å². The Morgan fingerprint density at radius 2 is 1.75 bits per heavy atom. The molecule has 0 aliphatic rings. The lowest BCUT2D eigenvalue weighted by atomic mass is 10.1. The van der Waals surface area contributed by atoms with Gasteiger partial charge in [-0.3, -0.25) is 0 Å². The van der Waals surface area contributed by atoms with E-state index >= 15 is 0 Å². The number of hydrogen-bond acceptors (Lipinski definition) is 2. The summed E-state index contributed by atoms with van der Waals surface area (Å²) in [7, 11) is 0. The monoisotopic (exact) mass is 245 g/mol. The Bertz CT molecular complexity index is 631. The van der Waals surface area contributed by atoms with E-state index in [1.165, 1.54) is 22.5 Å². The largest absolute Gasteiger partial charge is 0.225 e. The van der Waals surface area contributed by atoms with E-state index in [0.717, 1.165) is 10.2 Å². The molecule has 0 unspecified atom stereocenters. The molecule has 16 heavy (non-hydrogen) atoms. The van der Waals surface area contributed by atoms with Gasteiger partial charge in [0.25, 0.3) is 0 Å². The van der Waals surface area contributed by atoms with Gasteiger partial charge in [-0.25, -0.2) is 4.98 Å². The second-order valence-electron chi connectivity index (χ2n) is 3.52. The predicted molar refractivity (Wildman–Crippen MR) is 70.1 cm³/mol. The minimum absolute atomic E-state index is 0.597. The SMILES string of the molecule is Clc1nc2ccc(-c3ccccc3)cc2s1. The Hall–Kier alpha value is -1.38. The molecule has 0 bridgehead atoms. The number of halogens is 1. The van der Waals surface area contributed by atoms with E-state index in [9.17, 15) is 0 Å². The number of hydrogen-bond donors (Lipinski definition) is 0. The first-order valence-electron chi connectivity index (χ1n) is 4.94. The molecule has 1 heterocycles. The van der Waals surface area contributed by atoms with Crippen LogP contribution in [0.1, 0.15) is 0 Å². The summed E-state index contributed by atoms with van der Waals surface area (Å²) >= 11 is 7.40. The smallest absolute Gasteiger partial charge is 0.184 e. The van der Waals surface area contributed by atoms with Gasteiger partial charge in [-0.1, -0.05) is 48.0 Å². The second-order valence-corrected chi connectivity index (χ2v) is 5.13. The molecule has 0 saturated heterocycles. The molecule has 78 valence electrons. The number of fused-ring (bicyclic) bond motifs is 1. The van der Waals surface area contributed by atoms with E-state index in [-0.39, 0.29) is 0 Å². The van der Waals surface area contributed by atoms with Crippen LogP contribution in [0.25, 0.3) is 21.3 Å². The lowest BCUT2D eigenvalue weighted by molar-refractivity contribution is 1.50. The molecule has 1 nitrogen and oxygen atoms in total. The summed E-state index contributed by atoms with van der Waals surface area (Å²) in [6, 6.07) is 16.5. The van der Waals surface area contributed by atoms with Gasteiger partial charge in [0, 0.05) is 0 Å². The van der Waals surface area contributed by atoms with Gasteiger partial charge < -0.3 is 0 Å². The quantitative estimate of drug-likeness (QED) is 0.610. The normalized spacial score (nSPS) is 10.8. The van der Waals surface area contributed by atoms with Crippen molar-refractivity contribution < 1.29 is 0 Å². The first-order chi connectivity index (χ1) is 7.83. The van der Waals surface area contributed by atoms with Crippen LogP contribution < -0.4 is 0 Å². The van der Waals surface area contributed by atoms with Crippen molar-refractivity contribution in [3.8, 4) is 11.1 Å². The van der Waals surface area contributed by atoms with Crippen LogP contribution in [0.5, 0.6) is 0 Å². The highest BCUT2D eigenvalue weighted by Gasteiger charge is 2.03. The molecule has 3 rings (SSSR count). The van der Waals surface area contributed by atoms with E-state index in [1.54, 1.807) is 0 Å². The minimum Gasteiger partial charge on any atom is -0.225 e. The van der Waals surface area contributed by atoms with E-state index in [4.69, 9.17) is 11.6 Å². The second kappa shape index (κ2) is 3.89.